The van der Waals surface area contributed by atoms with Gasteiger partial charge in [0, 0.05) is 24.1 Å². The summed E-state index contributed by atoms with van der Waals surface area (Å²) in [5, 5.41) is 19.7. The third-order valence-corrected chi connectivity index (χ3v) is 7.17. The van der Waals surface area contributed by atoms with Crippen molar-refractivity contribution in [3.63, 3.8) is 0 Å². The average Bonchev–Trinajstić information content (AvgIpc) is 3.45. The maximum absolute atomic E-state index is 12.7. The monoisotopic (exact) mass is 484 g/mol. The van der Waals surface area contributed by atoms with E-state index in [1.165, 1.54) is 11.8 Å². The number of aliphatic imine (C=N–C) groups is 1. The zero-order valence-electron chi connectivity index (χ0n) is 19.1. The van der Waals surface area contributed by atoms with Crippen LogP contribution < -0.4 is 5.32 Å². The van der Waals surface area contributed by atoms with Crippen LogP contribution in [0.1, 0.15) is 35.6 Å². The van der Waals surface area contributed by atoms with Crippen molar-refractivity contribution < 1.29 is 14.7 Å². The Balaban J connectivity index is 1.36. The number of aromatic hydroxyl groups is 1. The summed E-state index contributed by atoms with van der Waals surface area (Å²) >= 11 is 1.24. The van der Waals surface area contributed by atoms with E-state index in [0.29, 0.717) is 17.2 Å². The Bertz CT molecular complexity index is 1340. The first-order chi connectivity index (χ1) is 17.0. The van der Waals surface area contributed by atoms with Crippen molar-refractivity contribution in [1.29, 1.82) is 0 Å². The molecular weight excluding hydrogens is 460 g/mol. The van der Waals surface area contributed by atoms with Crippen LogP contribution in [-0.2, 0) is 9.59 Å². The van der Waals surface area contributed by atoms with Gasteiger partial charge < -0.3 is 10.4 Å². The third-order valence-electron chi connectivity index (χ3n) is 6.03. The van der Waals surface area contributed by atoms with Gasteiger partial charge in [-0.15, -0.1) is 0 Å². The molecule has 2 heterocycles. The molecule has 2 aliphatic rings. The lowest BCUT2D eigenvalue weighted by Gasteiger charge is -2.23. The minimum absolute atomic E-state index is 0.00911. The highest BCUT2D eigenvalue weighted by Gasteiger charge is 2.39. The number of benzene rings is 3. The molecule has 0 radical (unpaired) electrons. The van der Waals surface area contributed by atoms with E-state index in [-0.39, 0.29) is 30.0 Å². The van der Waals surface area contributed by atoms with Crippen LogP contribution in [-0.4, -0.2) is 38.1 Å². The predicted octanol–water partition coefficient (Wildman–Crippen LogP) is 4.88. The first-order valence-electron chi connectivity index (χ1n) is 11.3. The molecule has 2 unspecified atom stereocenters. The fourth-order valence-electron chi connectivity index (χ4n) is 4.19. The van der Waals surface area contributed by atoms with E-state index in [2.05, 4.69) is 10.3 Å². The SMILES string of the molecule is Cc1ccccc1NC(=O)CC1SC(N2N=C(c3ccccc3)CC2c2ccccc2O)=NC1=O. The average molecular weight is 485 g/mol. The number of nitrogens with zero attached hydrogens (tertiary/aromatic N) is 3. The van der Waals surface area contributed by atoms with E-state index < -0.39 is 5.25 Å². The first-order valence-corrected chi connectivity index (χ1v) is 12.2. The fourth-order valence-corrected chi connectivity index (χ4v) is 5.25. The Morgan fingerprint density at radius 3 is 2.54 bits per heavy atom. The van der Waals surface area contributed by atoms with Crippen molar-refractivity contribution >= 4 is 40.1 Å². The van der Waals surface area contributed by atoms with Gasteiger partial charge in [0.1, 0.15) is 11.0 Å². The number of anilines is 1. The molecule has 5 rings (SSSR count). The van der Waals surface area contributed by atoms with Gasteiger partial charge in [-0.05, 0) is 30.2 Å². The summed E-state index contributed by atoms with van der Waals surface area (Å²) in [6.07, 6.45) is 0.559. The Morgan fingerprint density at radius 2 is 1.77 bits per heavy atom. The molecule has 0 aromatic heterocycles. The van der Waals surface area contributed by atoms with E-state index in [1.807, 2.05) is 73.7 Å². The number of aryl methyl sites for hydroxylation is 1. The minimum Gasteiger partial charge on any atom is -0.508 e. The van der Waals surface area contributed by atoms with Crippen molar-refractivity contribution in [3.05, 3.63) is 95.6 Å². The molecule has 7 nitrogen and oxygen atoms in total. The second-order valence-corrected chi connectivity index (χ2v) is 9.61. The Kier molecular flexibility index (Phi) is 6.37. The first kappa shape index (κ1) is 22.9. The summed E-state index contributed by atoms with van der Waals surface area (Å²) in [6, 6.07) is 24.1. The number of carbonyl (C=O) groups excluding carboxylic acids is 2. The quantitative estimate of drug-likeness (QED) is 0.538. The van der Waals surface area contributed by atoms with Gasteiger partial charge >= 0.3 is 0 Å². The smallest absolute Gasteiger partial charge is 0.262 e. The molecule has 0 bridgehead atoms. The summed E-state index contributed by atoms with van der Waals surface area (Å²) < 4.78 is 0. The van der Waals surface area contributed by atoms with E-state index in [9.17, 15) is 14.7 Å². The lowest BCUT2D eigenvalue weighted by atomic mass is 9.98. The molecule has 3 aromatic carbocycles. The number of thioether (sulfide) groups is 1. The third kappa shape index (κ3) is 4.83. The number of rotatable bonds is 5. The number of hydrogen-bond donors (Lipinski definition) is 2. The molecule has 0 aliphatic carbocycles. The molecule has 2 aliphatic heterocycles. The molecule has 2 amide bonds. The zero-order valence-corrected chi connectivity index (χ0v) is 19.9. The van der Waals surface area contributed by atoms with Crippen molar-refractivity contribution in [2.75, 3.05) is 5.32 Å². The maximum atomic E-state index is 12.7. The van der Waals surface area contributed by atoms with Crippen LogP contribution >= 0.6 is 11.8 Å². The maximum Gasteiger partial charge on any atom is 0.262 e. The molecule has 35 heavy (non-hydrogen) atoms. The Labute approximate surface area is 207 Å². The van der Waals surface area contributed by atoms with Crippen LogP contribution in [0.3, 0.4) is 0 Å². The second kappa shape index (κ2) is 9.76. The molecule has 0 saturated heterocycles. The number of hydrogen-bond acceptors (Lipinski definition) is 6. The van der Waals surface area contributed by atoms with Gasteiger partial charge in [-0.1, -0.05) is 78.5 Å². The molecule has 3 aromatic rings. The lowest BCUT2D eigenvalue weighted by Crippen LogP contribution is -2.25. The number of phenolic OH excluding ortho intramolecular Hbond substituents is 1. The molecular formula is C27H24N4O3S. The molecule has 0 saturated carbocycles. The number of carbonyl (C=O) groups is 2. The van der Waals surface area contributed by atoms with Gasteiger partial charge in [-0.25, -0.2) is 5.01 Å². The molecule has 2 N–H and O–H groups in total. The fraction of sp³-hybridized carbons (Fsp3) is 0.185. The number of para-hydroxylation sites is 2. The summed E-state index contributed by atoms with van der Waals surface area (Å²) in [4.78, 5) is 29.7. The standard InChI is InChI=1S/C27H24N4O3S/c1-17-9-5-7-13-20(17)28-25(33)16-24-26(34)29-27(35-24)31-22(19-12-6-8-14-23(19)32)15-21(30-31)18-10-3-2-4-11-18/h2-14,22,24,32H,15-16H2,1H3,(H,28,33). The number of nitrogens with one attached hydrogen (secondary N) is 1. The van der Waals surface area contributed by atoms with E-state index >= 15 is 0 Å². The van der Waals surface area contributed by atoms with Crippen LogP contribution in [0.15, 0.2) is 89.0 Å². The highest BCUT2D eigenvalue weighted by molar-refractivity contribution is 8.15. The topological polar surface area (TPSA) is 94.4 Å². The highest BCUT2D eigenvalue weighted by Crippen LogP contribution is 2.41. The van der Waals surface area contributed by atoms with Crippen molar-refractivity contribution in [2.24, 2.45) is 10.1 Å². The number of hydrazone groups is 1. The van der Waals surface area contributed by atoms with Crippen LogP contribution in [0.5, 0.6) is 5.75 Å². The van der Waals surface area contributed by atoms with Crippen molar-refractivity contribution in [1.82, 2.24) is 5.01 Å². The second-order valence-electron chi connectivity index (χ2n) is 8.44. The van der Waals surface area contributed by atoms with Gasteiger partial charge in [0.2, 0.25) is 5.91 Å². The molecule has 8 heteroatoms. The van der Waals surface area contributed by atoms with Gasteiger partial charge in [-0.2, -0.15) is 10.1 Å². The van der Waals surface area contributed by atoms with Crippen LogP contribution in [0.25, 0.3) is 0 Å². The highest BCUT2D eigenvalue weighted by atomic mass is 32.2. The Hall–Kier alpha value is -3.91. The summed E-state index contributed by atoms with van der Waals surface area (Å²) in [5.41, 5.74) is 4.20. The summed E-state index contributed by atoms with van der Waals surface area (Å²) in [6.45, 7) is 1.92. The van der Waals surface area contributed by atoms with Gasteiger partial charge in [0.15, 0.2) is 5.17 Å². The summed E-state index contributed by atoms with van der Waals surface area (Å²) in [5.74, 6) is -0.436. The molecule has 0 spiro atoms. The van der Waals surface area contributed by atoms with Crippen LogP contribution in [0.2, 0.25) is 0 Å². The number of amides is 2. The van der Waals surface area contributed by atoms with E-state index in [4.69, 9.17) is 5.10 Å². The number of phenols is 1. The van der Waals surface area contributed by atoms with Gasteiger partial charge in [0.05, 0.1) is 11.8 Å². The molecule has 176 valence electrons. The largest absolute Gasteiger partial charge is 0.508 e. The van der Waals surface area contributed by atoms with Crippen molar-refractivity contribution in [3.8, 4) is 5.75 Å². The summed E-state index contributed by atoms with van der Waals surface area (Å²) in [7, 11) is 0. The van der Waals surface area contributed by atoms with Crippen LogP contribution in [0.4, 0.5) is 5.69 Å². The van der Waals surface area contributed by atoms with Gasteiger partial charge in [-0.3, -0.25) is 9.59 Å². The predicted molar refractivity (Wildman–Crippen MR) is 139 cm³/mol. The van der Waals surface area contributed by atoms with E-state index in [1.54, 1.807) is 17.1 Å². The zero-order chi connectivity index (χ0) is 24.4. The Morgan fingerprint density at radius 1 is 1.06 bits per heavy atom. The van der Waals surface area contributed by atoms with Crippen LogP contribution in [0, 0.1) is 6.92 Å². The normalized spacial score (nSPS) is 19.5. The molecule has 0 fully saturated rings. The van der Waals surface area contributed by atoms with Crippen molar-refractivity contribution in [2.45, 2.75) is 31.1 Å². The lowest BCUT2D eigenvalue weighted by molar-refractivity contribution is -0.121. The van der Waals surface area contributed by atoms with Gasteiger partial charge in [0.25, 0.3) is 5.91 Å². The van der Waals surface area contributed by atoms with E-state index in [0.717, 1.165) is 22.5 Å². The minimum atomic E-state index is -0.630. The molecule has 2 atom stereocenters. The number of amidine groups is 1.